The monoisotopic (exact) mass is 256 g/mol. The molecule has 0 radical (unpaired) electrons. The molecule has 102 valence electrons. The van der Waals surface area contributed by atoms with Gasteiger partial charge in [-0.1, -0.05) is 6.92 Å². The molecule has 0 saturated carbocycles. The van der Waals surface area contributed by atoms with Gasteiger partial charge < -0.3 is 20.0 Å². The van der Waals surface area contributed by atoms with E-state index in [9.17, 15) is 14.7 Å². The zero-order chi connectivity index (χ0) is 13.3. The van der Waals surface area contributed by atoms with Crippen LogP contribution in [0.15, 0.2) is 0 Å². The van der Waals surface area contributed by atoms with Crippen LogP contribution in [0.3, 0.4) is 0 Å². The maximum Gasteiger partial charge on any atom is 0.320 e. The van der Waals surface area contributed by atoms with Crippen molar-refractivity contribution in [3.05, 3.63) is 0 Å². The van der Waals surface area contributed by atoms with E-state index >= 15 is 0 Å². The molecule has 0 aromatic heterocycles. The molecule has 0 aromatic rings. The molecule has 3 atom stereocenters. The molecule has 3 unspecified atom stereocenters. The molecule has 6 heteroatoms. The number of rotatable bonds is 2. The molecule has 2 aliphatic rings. The summed E-state index contributed by atoms with van der Waals surface area (Å²) in [6, 6.07) is -0.223. The van der Waals surface area contributed by atoms with Crippen molar-refractivity contribution >= 4 is 12.0 Å². The molecule has 0 aromatic carbocycles. The normalized spacial score (nSPS) is 32.0. The van der Waals surface area contributed by atoms with Gasteiger partial charge in [-0.3, -0.25) is 4.79 Å². The zero-order valence-electron chi connectivity index (χ0n) is 10.6. The Morgan fingerprint density at radius 3 is 2.61 bits per heavy atom. The van der Waals surface area contributed by atoms with Crippen molar-refractivity contribution in [3.8, 4) is 0 Å². The molecular weight excluding hydrogens is 236 g/mol. The van der Waals surface area contributed by atoms with E-state index < -0.39 is 11.9 Å². The highest BCUT2D eigenvalue weighted by molar-refractivity contribution is 5.78. The number of aliphatic carboxylic acids is 1. The maximum absolute atomic E-state index is 12.3. The number of carboxylic acid groups (broad SMARTS) is 1. The number of nitrogens with zero attached hydrogens (tertiary/aromatic N) is 2. The van der Waals surface area contributed by atoms with Crippen LogP contribution in [-0.2, 0) is 4.79 Å². The lowest BCUT2D eigenvalue weighted by atomic mass is 9.99. The molecule has 2 N–H and O–H groups in total. The number of aliphatic hydroxyl groups is 1. The van der Waals surface area contributed by atoms with Crippen LogP contribution in [0, 0.1) is 11.8 Å². The molecule has 0 bridgehead atoms. The number of aliphatic hydroxyl groups excluding tert-OH is 1. The Balaban J connectivity index is 2.00. The molecule has 0 aliphatic carbocycles. The molecule has 18 heavy (non-hydrogen) atoms. The summed E-state index contributed by atoms with van der Waals surface area (Å²) in [4.78, 5) is 26.6. The van der Waals surface area contributed by atoms with Crippen molar-refractivity contribution in [2.45, 2.75) is 25.8 Å². The van der Waals surface area contributed by atoms with Gasteiger partial charge in [0.15, 0.2) is 0 Å². The Bertz CT molecular complexity index is 347. The Morgan fingerprint density at radius 2 is 2.06 bits per heavy atom. The number of hydrogen-bond acceptors (Lipinski definition) is 3. The Labute approximate surface area is 106 Å². The average molecular weight is 256 g/mol. The van der Waals surface area contributed by atoms with Crippen LogP contribution in [-0.4, -0.2) is 64.3 Å². The molecule has 2 heterocycles. The predicted molar refractivity (Wildman–Crippen MR) is 64.1 cm³/mol. The second kappa shape index (κ2) is 5.14. The van der Waals surface area contributed by atoms with Gasteiger partial charge in [0, 0.05) is 19.6 Å². The number of amides is 2. The van der Waals surface area contributed by atoms with Crippen LogP contribution in [0.1, 0.15) is 19.8 Å². The number of likely N-dealkylation sites (tertiary alicyclic amines) is 2. The summed E-state index contributed by atoms with van der Waals surface area (Å²) < 4.78 is 0. The van der Waals surface area contributed by atoms with Crippen molar-refractivity contribution < 1.29 is 19.8 Å². The summed E-state index contributed by atoms with van der Waals surface area (Å²) in [7, 11) is 0. The first kappa shape index (κ1) is 13.1. The van der Waals surface area contributed by atoms with Gasteiger partial charge in [-0.2, -0.15) is 0 Å². The topological polar surface area (TPSA) is 81.1 Å². The standard InChI is InChI=1S/C12H20N2O4/c1-8-5-13(6-10(8)11(16)17)12(18)14-4-2-3-9(14)7-15/h8-10,15H,2-7H2,1H3,(H,16,17). The van der Waals surface area contributed by atoms with Gasteiger partial charge in [-0.05, 0) is 18.8 Å². The summed E-state index contributed by atoms with van der Waals surface area (Å²) in [6.45, 7) is 3.28. The van der Waals surface area contributed by atoms with Crippen LogP contribution in [0.4, 0.5) is 4.79 Å². The summed E-state index contributed by atoms with van der Waals surface area (Å²) >= 11 is 0. The Hall–Kier alpha value is -1.30. The number of carboxylic acids is 1. The summed E-state index contributed by atoms with van der Waals surface area (Å²) in [5.41, 5.74) is 0. The molecule has 2 amide bonds. The van der Waals surface area contributed by atoms with Crippen molar-refractivity contribution in [2.75, 3.05) is 26.2 Å². The van der Waals surface area contributed by atoms with Crippen LogP contribution < -0.4 is 0 Å². The van der Waals surface area contributed by atoms with Crippen molar-refractivity contribution in [1.29, 1.82) is 0 Å². The predicted octanol–water partition coefficient (Wildman–Crippen LogP) is 0.216. The van der Waals surface area contributed by atoms with Crippen molar-refractivity contribution in [2.24, 2.45) is 11.8 Å². The number of carbonyl (C=O) groups excluding carboxylic acids is 1. The quantitative estimate of drug-likeness (QED) is 0.740. The molecule has 2 saturated heterocycles. The van der Waals surface area contributed by atoms with E-state index in [4.69, 9.17) is 5.11 Å². The summed E-state index contributed by atoms with van der Waals surface area (Å²) in [5, 5.41) is 18.3. The van der Waals surface area contributed by atoms with Crippen LogP contribution in [0.5, 0.6) is 0 Å². The van der Waals surface area contributed by atoms with E-state index in [1.54, 1.807) is 9.80 Å². The van der Waals surface area contributed by atoms with E-state index in [1.807, 2.05) is 6.92 Å². The minimum atomic E-state index is -0.835. The smallest absolute Gasteiger partial charge is 0.320 e. The van der Waals surface area contributed by atoms with Crippen LogP contribution in [0.2, 0.25) is 0 Å². The van der Waals surface area contributed by atoms with E-state index in [-0.39, 0.29) is 31.1 Å². The van der Waals surface area contributed by atoms with Gasteiger partial charge in [0.05, 0.1) is 18.6 Å². The first-order valence-electron chi connectivity index (χ1n) is 6.43. The molecule has 2 rings (SSSR count). The SMILES string of the molecule is CC1CN(C(=O)N2CCCC2CO)CC1C(=O)O. The highest BCUT2D eigenvalue weighted by atomic mass is 16.4. The van der Waals surface area contributed by atoms with Gasteiger partial charge in [-0.25, -0.2) is 4.79 Å². The lowest BCUT2D eigenvalue weighted by molar-refractivity contribution is -0.142. The molecule has 2 fully saturated rings. The van der Waals surface area contributed by atoms with Gasteiger partial charge in [0.2, 0.25) is 0 Å². The second-order valence-electron chi connectivity index (χ2n) is 5.28. The third-order valence-corrected chi connectivity index (χ3v) is 4.03. The third kappa shape index (κ3) is 2.29. The van der Waals surface area contributed by atoms with E-state index in [0.717, 1.165) is 12.8 Å². The fourth-order valence-electron chi connectivity index (χ4n) is 2.90. The molecule has 2 aliphatic heterocycles. The Kier molecular flexibility index (Phi) is 3.75. The third-order valence-electron chi connectivity index (χ3n) is 4.03. The average Bonchev–Trinajstić information content (AvgIpc) is 2.93. The molecule has 6 nitrogen and oxygen atoms in total. The van der Waals surface area contributed by atoms with Crippen molar-refractivity contribution in [3.63, 3.8) is 0 Å². The molecular formula is C12H20N2O4. The summed E-state index contributed by atoms with van der Waals surface area (Å²) in [6.07, 6.45) is 1.73. The highest BCUT2D eigenvalue weighted by Crippen LogP contribution is 2.26. The van der Waals surface area contributed by atoms with Gasteiger partial charge in [0.1, 0.15) is 0 Å². The van der Waals surface area contributed by atoms with E-state index in [0.29, 0.717) is 13.1 Å². The summed E-state index contributed by atoms with van der Waals surface area (Å²) in [5.74, 6) is -1.32. The maximum atomic E-state index is 12.3. The lowest BCUT2D eigenvalue weighted by Gasteiger charge is -2.28. The minimum Gasteiger partial charge on any atom is -0.481 e. The highest BCUT2D eigenvalue weighted by Gasteiger charge is 2.40. The Morgan fingerprint density at radius 1 is 1.33 bits per heavy atom. The fraction of sp³-hybridized carbons (Fsp3) is 0.833. The first-order chi connectivity index (χ1) is 8.54. The van der Waals surface area contributed by atoms with Gasteiger partial charge >= 0.3 is 12.0 Å². The fourth-order valence-corrected chi connectivity index (χ4v) is 2.90. The van der Waals surface area contributed by atoms with E-state index in [1.165, 1.54) is 0 Å². The molecule has 0 spiro atoms. The number of hydrogen-bond donors (Lipinski definition) is 2. The zero-order valence-corrected chi connectivity index (χ0v) is 10.6. The van der Waals surface area contributed by atoms with E-state index in [2.05, 4.69) is 0 Å². The van der Waals surface area contributed by atoms with Crippen molar-refractivity contribution in [1.82, 2.24) is 9.80 Å². The van der Waals surface area contributed by atoms with Gasteiger partial charge in [0.25, 0.3) is 0 Å². The van der Waals surface area contributed by atoms with Gasteiger partial charge in [-0.15, -0.1) is 0 Å². The number of urea groups is 1. The minimum absolute atomic E-state index is 0.0124. The second-order valence-corrected chi connectivity index (χ2v) is 5.28. The largest absolute Gasteiger partial charge is 0.481 e. The first-order valence-corrected chi connectivity index (χ1v) is 6.43. The lowest BCUT2D eigenvalue weighted by Crippen LogP contribution is -2.46. The number of carbonyl (C=O) groups is 2. The van der Waals surface area contributed by atoms with Crippen LogP contribution >= 0.6 is 0 Å². The van der Waals surface area contributed by atoms with Crippen LogP contribution in [0.25, 0.3) is 0 Å².